The van der Waals surface area contributed by atoms with Gasteiger partial charge in [-0.25, -0.2) is 0 Å². The van der Waals surface area contributed by atoms with Crippen LogP contribution in [0, 0.1) is 0 Å². The number of thioether (sulfide) groups is 1. The van der Waals surface area contributed by atoms with Crippen molar-refractivity contribution in [2.45, 2.75) is 31.4 Å². The second-order valence-corrected chi connectivity index (χ2v) is 10.1. The highest BCUT2D eigenvalue weighted by Gasteiger charge is 2.38. The molecule has 0 aromatic carbocycles. The Morgan fingerprint density at radius 3 is 1.63 bits per heavy atom. The molecule has 0 aliphatic carbocycles. The molecular formula is C27H50N2O11S. The maximum Gasteiger partial charge on any atom is 0.242 e. The highest BCUT2D eigenvalue weighted by atomic mass is 32.2. The summed E-state index contributed by atoms with van der Waals surface area (Å²) in [7, 11) is 1.64. The molecule has 1 unspecified atom stereocenters. The maximum absolute atomic E-state index is 12.3. The molecule has 1 heterocycles. The zero-order valence-electron chi connectivity index (χ0n) is 24.8. The van der Waals surface area contributed by atoms with Gasteiger partial charge in [0, 0.05) is 33.0 Å². The number of hydrogen-bond donors (Lipinski definition) is 1. The van der Waals surface area contributed by atoms with Gasteiger partial charge in [-0.3, -0.25) is 19.3 Å². The minimum atomic E-state index is -0.308. The molecule has 0 aromatic heterocycles. The van der Waals surface area contributed by atoms with Crippen LogP contribution in [0.3, 0.4) is 0 Å². The van der Waals surface area contributed by atoms with Crippen molar-refractivity contribution in [3.8, 4) is 0 Å². The Kier molecular flexibility index (Phi) is 25.2. The Morgan fingerprint density at radius 2 is 1.20 bits per heavy atom. The molecule has 0 spiro atoms. The molecule has 3 amide bonds. The minimum Gasteiger partial charge on any atom is -0.382 e. The minimum absolute atomic E-state index is 0.0904. The first kappa shape index (κ1) is 37.7. The summed E-state index contributed by atoms with van der Waals surface area (Å²) in [6.45, 7) is 9.81. The third-order valence-corrected chi connectivity index (χ3v) is 6.94. The molecule has 1 rings (SSSR count). The predicted molar refractivity (Wildman–Crippen MR) is 153 cm³/mol. The Morgan fingerprint density at radius 1 is 0.756 bits per heavy atom. The van der Waals surface area contributed by atoms with Crippen LogP contribution < -0.4 is 5.32 Å². The summed E-state index contributed by atoms with van der Waals surface area (Å²) in [5.74, 6) is 0.244. The first-order valence-electron chi connectivity index (χ1n) is 14.4. The van der Waals surface area contributed by atoms with Gasteiger partial charge in [0.25, 0.3) is 0 Å². The average Bonchev–Trinajstić information content (AvgIpc) is 3.24. The fraction of sp³-hybridized carbons (Fsp3) is 0.889. The van der Waals surface area contributed by atoms with Crippen molar-refractivity contribution in [2.75, 3.05) is 125 Å². The van der Waals surface area contributed by atoms with E-state index in [9.17, 15) is 14.4 Å². The Balaban J connectivity index is 1.77. The normalized spacial score (nSPS) is 15.3. The van der Waals surface area contributed by atoms with E-state index in [4.69, 9.17) is 37.9 Å². The van der Waals surface area contributed by atoms with Gasteiger partial charge in [-0.1, -0.05) is 6.92 Å². The highest BCUT2D eigenvalue weighted by Crippen LogP contribution is 2.25. The lowest BCUT2D eigenvalue weighted by Gasteiger charge is -2.14. The van der Waals surface area contributed by atoms with Crippen LogP contribution in [-0.4, -0.2) is 153 Å². The maximum atomic E-state index is 12.3. The fourth-order valence-electron chi connectivity index (χ4n) is 3.41. The molecule has 14 heteroatoms. The molecule has 1 aliphatic rings. The highest BCUT2D eigenvalue weighted by molar-refractivity contribution is 8.00. The topological polar surface area (TPSA) is 140 Å². The van der Waals surface area contributed by atoms with Crippen LogP contribution in [0.2, 0.25) is 0 Å². The molecule has 1 N–H and O–H groups in total. The summed E-state index contributed by atoms with van der Waals surface area (Å²) in [6, 6.07) is 0. The first-order chi connectivity index (χ1) is 20.1. The number of imide groups is 1. The third kappa shape index (κ3) is 21.1. The predicted octanol–water partition coefficient (Wildman–Crippen LogP) is 0.526. The third-order valence-electron chi connectivity index (χ3n) is 5.52. The van der Waals surface area contributed by atoms with Crippen molar-refractivity contribution in [1.29, 1.82) is 0 Å². The lowest BCUT2D eigenvalue weighted by Crippen LogP contribution is -2.36. The fourth-order valence-corrected chi connectivity index (χ4v) is 4.46. The van der Waals surface area contributed by atoms with Gasteiger partial charge in [0.2, 0.25) is 17.7 Å². The monoisotopic (exact) mass is 610 g/mol. The molecular weight excluding hydrogens is 560 g/mol. The summed E-state index contributed by atoms with van der Waals surface area (Å²) >= 11 is 1.51. The van der Waals surface area contributed by atoms with Crippen molar-refractivity contribution in [3.63, 3.8) is 0 Å². The number of likely N-dealkylation sites (tertiary alicyclic amines) is 1. The van der Waals surface area contributed by atoms with Gasteiger partial charge in [0.15, 0.2) is 0 Å². The second kappa shape index (κ2) is 27.5. The van der Waals surface area contributed by atoms with Crippen LogP contribution in [0.25, 0.3) is 0 Å². The first-order valence-corrected chi connectivity index (χ1v) is 15.4. The van der Waals surface area contributed by atoms with Crippen molar-refractivity contribution in [2.24, 2.45) is 0 Å². The van der Waals surface area contributed by atoms with Crippen LogP contribution in [0.15, 0.2) is 0 Å². The SMILES string of the molecule is CCCSC1CC(=O)N(CCC(=O)NCCOCCOCCOCCOCCOCCOCCOCCOC)C1=O. The van der Waals surface area contributed by atoms with Crippen molar-refractivity contribution in [1.82, 2.24) is 10.2 Å². The van der Waals surface area contributed by atoms with Gasteiger partial charge in [-0.05, 0) is 12.2 Å². The average molecular weight is 611 g/mol. The van der Waals surface area contributed by atoms with Crippen LogP contribution in [0.1, 0.15) is 26.2 Å². The molecule has 1 aliphatic heterocycles. The van der Waals surface area contributed by atoms with E-state index in [1.54, 1.807) is 7.11 Å². The molecule has 0 aromatic rings. The molecule has 1 saturated heterocycles. The molecule has 1 fully saturated rings. The molecule has 1 atom stereocenters. The summed E-state index contributed by atoms with van der Waals surface area (Å²) in [5.41, 5.74) is 0. The number of rotatable bonds is 30. The van der Waals surface area contributed by atoms with Gasteiger partial charge in [0.1, 0.15) is 0 Å². The molecule has 41 heavy (non-hydrogen) atoms. The van der Waals surface area contributed by atoms with Gasteiger partial charge >= 0.3 is 0 Å². The van der Waals surface area contributed by atoms with Crippen molar-refractivity contribution in [3.05, 3.63) is 0 Å². The van der Waals surface area contributed by atoms with Crippen molar-refractivity contribution < 1.29 is 52.3 Å². The van der Waals surface area contributed by atoms with Crippen molar-refractivity contribution >= 4 is 29.5 Å². The largest absolute Gasteiger partial charge is 0.382 e. The van der Waals surface area contributed by atoms with Crippen LogP contribution in [0.4, 0.5) is 0 Å². The van der Waals surface area contributed by atoms with Gasteiger partial charge < -0.3 is 43.2 Å². The molecule has 0 bridgehead atoms. The molecule has 0 radical (unpaired) electrons. The number of nitrogens with zero attached hydrogens (tertiary/aromatic N) is 1. The summed E-state index contributed by atoms with van der Waals surface area (Å²) in [5, 5.41) is 2.43. The number of nitrogens with one attached hydrogen (secondary N) is 1. The number of hydrogen-bond acceptors (Lipinski definition) is 12. The van der Waals surface area contributed by atoms with E-state index in [0.717, 1.165) is 12.2 Å². The summed E-state index contributed by atoms with van der Waals surface area (Å²) < 4.78 is 42.7. The smallest absolute Gasteiger partial charge is 0.242 e. The van der Waals surface area contributed by atoms with Gasteiger partial charge in [-0.2, -0.15) is 0 Å². The van der Waals surface area contributed by atoms with Crippen LogP contribution >= 0.6 is 11.8 Å². The summed E-state index contributed by atoms with van der Waals surface area (Å²) in [6.07, 6.45) is 1.27. The Labute approximate surface area is 248 Å². The van der Waals surface area contributed by atoms with E-state index >= 15 is 0 Å². The second-order valence-electron chi connectivity index (χ2n) is 8.83. The zero-order chi connectivity index (χ0) is 29.8. The Bertz CT molecular complexity index is 675. The van der Waals surface area contributed by atoms with Gasteiger partial charge in [-0.15, -0.1) is 11.8 Å². The number of ether oxygens (including phenoxy) is 8. The summed E-state index contributed by atoms with van der Waals surface area (Å²) in [4.78, 5) is 37.6. The molecule has 13 nitrogen and oxygen atoms in total. The van der Waals surface area contributed by atoms with E-state index in [1.807, 2.05) is 6.92 Å². The van der Waals surface area contributed by atoms with Crippen LogP contribution in [-0.2, 0) is 52.3 Å². The van der Waals surface area contributed by atoms with Crippen LogP contribution in [0.5, 0.6) is 0 Å². The number of amides is 3. The number of carbonyl (C=O) groups is 3. The van der Waals surface area contributed by atoms with E-state index < -0.39 is 0 Å². The standard InChI is InChI=1S/C27H50N2O11S/c1-3-22-41-24-23-26(31)29(27(24)32)6-4-25(30)28-5-7-34-10-11-36-14-15-38-18-19-40-21-20-39-17-16-37-13-12-35-9-8-33-2/h24H,3-23H2,1-2H3,(H,28,30). The molecule has 0 saturated carbocycles. The number of carbonyl (C=O) groups excluding carboxylic acids is 3. The lowest BCUT2D eigenvalue weighted by molar-refractivity contribution is -0.138. The lowest BCUT2D eigenvalue weighted by atomic mass is 10.3. The van der Waals surface area contributed by atoms with E-state index in [0.29, 0.717) is 106 Å². The molecule has 240 valence electrons. The van der Waals surface area contributed by atoms with E-state index in [2.05, 4.69) is 5.32 Å². The van der Waals surface area contributed by atoms with E-state index in [-0.39, 0.29) is 42.4 Å². The quantitative estimate of drug-likeness (QED) is 0.0896. The number of methoxy groups -OCH3 is 1. The Hall–Kier alpha value is -1.36. The zero-order valence-corrected chi connectivity index (χ0v) is 25.6. The van der Waals surface area contributed by atoms with Gasteiger partial charge in [0.05, 0.1) is 104 Å². The van der Waals surface area contributed by atoms with E-state index in [1.165, 1.54) is 16.7 Å².